The molecule has 1 heteroatoms. The second kappa shape index (κ2) is 2.80. The fourth-order valence-corrected chi connectivity index (χ4v) is 1.80. The molecule has 1 aliphatic carbocycles. The Balaban J connectivity index is 2.80. The second-order valence-corrected chi connectivity index (χ2v) is 3.78. The minimum Gasteiger partial charge on any atom is -0.298 e. The van der Waals surface area contributed by atoms with Crippen molar-refractivity contribution in [2.24, 2.45) is 11.3 Å². The van der Waals surface area contributed by atoms with Crippen molar-refractivity contribution in [1.29, 1.82) is 0 Å². The van der Waals surface area contributed by atoms with Gasteiger partial charge in [0.15, 0.2) is 0 Å². The predicted octanol–water partition coefficient (Wildman–Crippen LogP) is 2.57. The molecule has 1 saturated carbocycles. The standard InChI is InChI=1S/C10H16O/c1-4-10(3)7-5-6-8(2)9(10)11/h4,8H,1,5-7H2,2-3H3/t8-,10+/m0/s1. The molecule has 0 aliphatic heterocycles. The van der Waals surface area contributed by atoms with Crippen LogP contribution in [-0.2, 0) is 4.79 Å². The average molecular weight is 152 g/mol. The zero-order chi connectivity index (χ0) is 8.48. The first kappa shape index (κ1) is 8.51. The summed E-state index contributed by atoms with van der Waals surface area (Å²) in [5, 5.41) is 0. The van der Waals surface area contributed by atoms with Gasteiger partial charge in [0, 0.05) is 11.3 Å². The molecule has 0 heterocycles. The highest BCUT2D eigenvalue weighted by Gasteiger charge is 2.36. The summed E-state index contributed by atoms with van der Waals surface area (Å²) in [6, 6.07) is 0. The molecule has 0 spiro atoms. The molecule has 0 unspecified atom stereocenters. The zero-order valence-electron chi connectivity index (χ0n) is 7.39. The van der Waals surface area contributed by atoms with Crippen molar-refractivity contribution in [2.75, 3.05) is 0 Å². The monoisotopic (exact) mass is 152 g/mol. The fourth-order valence-electron chi connectivity index (χ4n) is 1.80. The number of rotatable bonds is 1. The van der Waals surface area contributed by atoms with E-state index in [1.807, 2.05) is 19.9 Å². The van der Waals surface area contributed by atoms with Gasteiger partial charge in [0.05, 0.1) is 0 Å². The van der Waals surface area contributed by atoms with Gasteiger partial charge in [-0.25, -0.2) is 0 Å². The van der Waals surface area contributed by atoms with E-state index >= 15 is 0 Å². The van der Waals surface area contributed by atoms with E-state index in [2.05, 4.69) is 6.58 Å². The Morgan fingerprint density at radius 3 is 2.82 bits per heavy atom. The summed E-state index contributed by atoms with van der Waals surface area (Å²) >= 11 is 0. The molecule has 0 saturated heterocycles. The topological polar surface area (TPSA) is 17.1 Å². The number of allylic oxidation sites excluding steroid dienone is 1. The van der Waals surface area contributed by atoms with Crippen molar-refractivity contribution in [3.8, 4) is 0 Å². The molecule has 1 aliphatic rings. The molecule has 2 atom stereocenters. The van der Waals surface area contributed by atoms with Crippen molar-refractivity contribution in [1.82, 2.24) is 0 Å². The number of hydrogen-bond donors (Lipinski definition) is 0. The van der Waals surface area contributed by atoms with Gasteiger partial charge in [-0.05, 0) is 19.8 Å². The van der Waals surface area contributed by atoms with Crippen LogP contribution in [0.3, 0.4) is 0 Å². The number of ketones is 1. The van der Waals surface area contributed by atoms with E-state index in [1.165, 1.54) is 0 Å². The van der Waals surface area contributed by atoms with Gasteiger partial charge >= 0.3 is 0 Å². The number of hydrogen-bond acceptors (Lipinski definition) is 1. The highest BCUT2D eigenvalue weighted by atomic mass is 16.1. The molecule has 0 aromatic carbocycles. The van der Waals surface area contributed by atoms with E-state index in [0.29, 0.717) is 5.78 Å². The number of carbonyl (C=O) groups excluding carboxylic acids is 1. The molecule has 0 amide bonds. The Bertz CT molecular complexity index is 183. The lowest BCUT2D eigenvalue weighted by Gasteiger charge is -2.32. The molecule has 0 aromatic rings. The van der Waals surface area contributed by atoms with Crippen LogP contribution in [0, 0.1) is 11.3 Å². The van der Waals surface area contributed by atoms with Crippen LogP contribution < -0.4 is 0 Å². The highest BCUT2D eigenvalue weighted by Crippen LogP contribution is 2.36. The molecule has 0 bridgehead atoms. The summed E-state index contributed by atoms with van der Waals surface area (Å²) < 4.78 is 0. The normalized spacial score (nSPS) is 38.7. The van der Waals surface area contributed by atoms with Gasteiger partial charge in [0.2, 0.25) is 0 Å². The van der Waals surface area contributed by atoms with Crippen LogP contribution in [0.4, 0.5) is 0 Å². The summed E-state index contributed by atoms with van der Waals surface area (Å²) in [5.74, 6) is 0.616. The third kappa shape index (κ3) is 1.37. The Hall–Kier alpha value is -0.590. The van der Waals surface area contributed by atoms with Gasteiger partial charge in [0.25, 0.3) is 0 Å². The minimum atomic E-state index is -0.225. The van der Waals surface area contributed by atoms with Gasteiger partial charge in [-0.1, -0.05) is 19.4 Å². The van der Waals surface area contributed by atoms with Crippen molar-refractivity contribution in [3.05, 3.63) is 12.7 Å². The Kier molecular flexibility index (Phi) is 2.17. The maximum atomic E-state index is 11.6. The van der Waals surface area contributed by atoms with Crippen LogP contribution >= 0.6 is 0 Å². The maximum Gasteiger partial charge on any atom is 0.145 e. The average Bonchev–Trinajstić information content (AvgIpc) is 2.00. The fraction of sp³-hybridized carbons (Fsp3) is 0.700. The molecule has 0 N–H and O–H groups in total. The van der Waals surface area contributed by atoms with Crippen LogP contribution in [0.5, 0.6) is 0 Å². The molecule has 1 rings (SSSR count). The lowest BCUT2D eigenvalue weighted by Crippen LogP contribution is -2.34. The van der Waals surface area contributed by atoms with Crippen LogP contribution in [0.1, 0.15) is 33.1 Å². The van der Waals surface area contributed by atoms with Gasteiger partial charge in [-0.2, -0.15) is 0 Å². The van der Waals surface area contributed by atoms with E-state index in [9.17, 15) is 4.79 Å². The zero-order valence-corrected chi connectivity index (χ0v) is 7.39. The van der Waals surface area contributed by atoms with Gasteiger partial charge in [-0.3, -0.25) is 4.79 Å². The van der Waals surface area contributed by atoms with Crippen LogP contribution in [0.2, 0.25) is 0 Å². The quantitative estimate of drug-likeness (QED) is 0.528. The lowest BCUT2D eigenvalue weighted by atomic mass is 9.70. The van der Waals surface area contributed by atoms with E-state index < -0.39 is 0 Å². The van der Waals surface area contributed by atoms with E-state index in [4.69, 9.17) is 0 Å². The smallest absolute Gasteiger partial charge is 0.145 e. The Morgan fingerprint density at radius 1 is 1.73 bits per heavy atom. The molecular formula is C10H16O. The molecule has 0 radical (unpaired) electrons. The molecule has 1 fully saturated rings. The lowest BCUT2D eigenvalue weighted by molar-refractivity contribution is -0.131. The first-order valence-electron chi connectivity index (χ1n) is 4.28. The summed E-state index contributed by atoms with van der Waals surface area (Å²) in [6.45, 7) is 7.74. The Labute approximate surface area is 68.5 Å². The third-order valence-electron chi connectivity index (χ3n) is 2.79. The van der Waals surface area contributed by atoms with Gasteiger partial charge in [-0.15, -0.1) is 6.58 Å². The van der Waals surface area contributed by atoms with Crippen LogP contribution in [0.25, 0.3) is 0 Å². The second-order valence-electron chi connectivity index (χ2n) is 3.78. The highest BCUT2D eigenvalue weighted by molar-refractivity contribution is 5.88. The van der Waals surface area contributed by atoms with E-state index in [1.54, 1.807) is 0 Å². The first-order chi connectivity index (χ1) is 5.10. The minimum absolute atomic E-state index is 0.225. The van der Waals surface area contributed by atoms with Crippen molar-refractivity contribution in [3.63, 3.8) is 0 Å². The van der Waals surface area contributed by atoms with Crippen molar-refractivity contribution < 1.29 is 4.79 Å². The van der Waals surface area contributed by atoms with Crippen molar-refractivity contribution >= 4 is 5.78 Å². The number of carbonyl (C=O) groups is 1. The summed E-state index contributed by atoms with van der Waals surface area (Å²) in [5.41, 5.74) is -0.225. The van der Waals surface area contributed by atoms with Crippen LogP contribution in [-0.4, -0.2) is 5.78 Å². The van der Waals surface area contributed by atoms with Gasteiger partial charge in [0.1, 0.15) is 5.78 Å². The predicted molar refractivity (Wildman–Crippen MR) is 46.3 cm³/mol. The van der Waals surface area contributed by atoms with Gasteiger partial charge < -0.3 is 0 Å². The summed E-state index contributed by atoms with van der Waals surface area (Å²) in [6.07, 6.45) is 5.02. The maximum absolute atomic E-state index is 11.6. The van der Waals surface area contributed by atoms with E-state index in [-0.39, 0.29) is 11.3 Å². The van der Waals surface area contributed by atoms with E-state index in [0.717, 1.165) is 19.3 Å². The van der Waals surface area contributed by atoms with Crippen molar-refractivity contribution in [2.45, 2.75) is 33.1 Å². The summed E-state index contributed by atoms with van der Waals surface area (Å²) in [7, 11) is 0. The van der Waals surface area contributed by atoms with Crippen LogP contribution in [0.15, 0.2) is 12.7 Å². The first-order valence-corrected chi connectivity index (χ1v) is 4.28. The largest absolute Gasteiger partial charge is 0.298 e. The number of Topliss-reactive ketones (excluding diaryl/α,β-unsaturated/α-hetero) is 1. The molecule has 1 nitrogen and oxygen atoms in total. The molecule has 0 aromatic heterocycles. The Morgan fingerprint density at radius 2 is 2.36 bits per heavy atom. The summed E-state index contributed by atoms with van der Waals surface area (Å²) in [4.78, 5) is 11.6. The SMILES string of the molecule is C=C[C@]1(C)CCC[C@H](C)C1=O. The molecule has 62 valence electrons. The molecule has 11 heavy (non-hydrogen) atoms. The molecular weight excluding hydrogens is 136 g/mol. The third-order valence-corrected chi connectivity index (χ3v) is 2.79.